The quantitative estimate of drug-likeness (QED) is 0.367. The lowest BCUT2D eigenvalue weighted by atomic mass is 9.92. The normalized spacial score (nSPS) is 16.3. The second-order valence-corrected chi connectivity index (χ2v) is 9.51. The fourth-order valence-electron chi connectivity index (χ4n) is 4.84. The van der Waals surface area contributed by atoms with Crippen LogP contribution in [0.3, 0.4) is 0 Å². The lowest BCUT2D eigenvalue weighted by molar-refractivity contribution is -0.151. The number of rotatable bonds is 6. The number of carbonyl (C=O) groups is 1. The predicted octanol–water partition coefficient (Wildman–Crippen LogP) is 6.08. The molecule has 3 heterocycles. The highest BCUT2D eigenvalue weighted by Gasteiger charge is 2.33. The zero-order valence-corrected chi connectivity index (χ0v) is 19.1. The van der Waals surface area contributed by atoms with Crippen molar-refractivity contribution in [2.75, 3.05) is 13.1 Å². The summed E-state index contributed by atoms with van der Waals surface area (Å²) in [6, 6.07) is 23.0. The van der Waals surface area contributed by atoms with Crippen LogP contribution in [-0.4, -0.2) is 28.9 Å². The number of hydrogen-bond acceptors (Lipinski definition) is 4. The van der Waals surface area contributed by atoms with Gasteiger partial charge in [0.15, 0.2) is 0 Å². The third-order valence-corrected chi connectivity index (χ3v) is 7.41. The number of aromatic amines is 1. The summed E-state index contributed by atoms with van der Waals surface area (Å²) in [5, 5.41) is 3.44. The van der Waals surface area contributed by atoms with Crippen molar-refractivity contribution in [1.29, 1.82) is 0 Å². The third-order valence-electron chi connectivity index (χ3n) is 6.48. The molecular weight excluding hydrogens is 416 g/mol. The molecule has 1 saturated heterocycles. The average Bonchev–Trinajstić information content (AvgIpc) is 3.47. The minimum atomic E-state index is -0.0653. The van der Waals surface area contributed by atoms with Gasteiger partial charge in [-0.05, 0) is 55.9 Å². The summed E-state index contributed by atoms with van der Waals surface area (Å²) in [7, 11) is 0. The number of esters is 1. The molecule has 2 aromatic heterocycles. The number of H-pyrrole nitrogens is 1. The van der Waals surface area contributed by atoms with Crippen molar-refractivity contribution >= 4 is 28.2 Å². The number of ether oxygens (including phenoxy) is 1. The Balaban J connectivity index is 1.32. The topological polar surface area (TPSA) is 45.3 Å². The molecule has 4 aromatic rings. The number of para-hydroxylation sites is 1. The van der Waals surface area contributed by atoms with Crippen LogP contribution in [0.25, 0.3) is 10.9 Å². The number of nitrogens with zero attached hydrogens (tertiary/aromatic N) is 1. The van der Waals surface area contributed by atoms with E-state index in [9.17, 15) is 4.79 Å². The molecular formula is C27H28N2O2S. The number of hydrogen-bond donors (Lipinski definition) is 1. The molecule has 0 amide bonds. The molecule has 164 valence electrons. The van der Waals surface area contributed by atoms with Gasteiger partial charge < -0.3 is 9.72 Å². The molecule has 0 aliphatic carbocycles. The first kappa shape index (κ1) is 21.0. The van der Waals surface area contributed by atoms with Crippen LogP contribution in [0.2, 0.25) is 0 Å². The molecule has 1 atom stereocenters. The molecule has 5 rings (SSSR count). The van der Waals surface area contributed by atoms with Crippen LogP contribution < -0.4 is 0 Å². The Morgan fingerprint density at radius 2 is 1.81 bits per heavy atom. The maximum Gasteiger partial charge on any atom is 0.309 e. The summed E-state index contributed by atoms with van der Waals surface area (Å²) in [5.41, 5.74) is 4.79. The van der Waals surface area contributed by atoms with E-state index in [1.165, 1.54) is 27.0 Å². The summed E-state index contributed by atoms with van der Waals surface area (Å²) in [5.74, 6) is -0.0903. The summed E-state index contributed by atoms with van der Waals surface area (Å²) >= 11 is 1.81. The van der Waals surface area contributed by atoms with Gasteiger partial charge in [0.2, 0.25) is 0 Å². The van der Waals surface area contributed by atoms with E-state index in [0.717, 1.165) is 31.5 Å². The molecule has 1 N–H and O–H groups in total. The van der Waals surface area contributed by atoms with Crippen LogP contribution in [-0.2, 0) is 16.1 Å². The molecule has 1 fully saturated rings. The van der Waals surface area contributed by atoms with Crippen molar-refractivity contribution < 1.29 is 9.53 Å². The van der Waals surface area contributed by atoms with Crippen molar-refractivity contribution in [1.82, 2.24) is 9.88 Å². The number of benzene rings is 2. The first-order valence-corrected chi connectivity index (χ1v) is 12.1. The van der Waals surface area contributed by atoms with Crippen LogP contribution in [0, 0.1) is 12.8 Å². The highest BCUT2D eigenvalue weighted by atomic mass is 32.1. The van der Waals surface area contributed by atoms with E-state index < -0.39 is 0 Å². The molecule has 5 heteroatoms. The van der Waals surface area contributed by atoms with Gasteiger partial charge in [-0.1, -0.05) is 54.6 Å². The minimum Gasteiger partial charge on any atom is -0.461 e. The standard InChI is InChI=1S/C27H28N2O2S/c1-19-25(22-10-5-6-11-23(22)28-19)26(24-12-7-17-32-24)29-15-13-21(14-16-29)27(30)31-18-20-8-3-2-4-9-20/h2-12,17,21,26,28H,13-16,18H2,1H3. The van der Waals surface area contributed by atoms with Crippen molar-refractivity contribution in [3.05, 3.63) is 93.8 Å². The summed E-state index contributed by atoms with van der Waals surface area (Å²) < 4.78 is 5.62. The molecule has 1 unspecified atom stereocenters. The number of aromatic nitrogens is 1. The molecule has 0 radical (unpaired) electrons. The lowest BCUT2D eigenvalue weighted by Gasteiger charge is -2.37. The van der Waals surface area contributed by atoms with E-state index in [2.05, 4.69) is 58.6 Å². The largest absolute Gasteiger partial charge is 0.461 e. The Kier molecular flexibility index (Phi) is 6.10. The van der Waals surface area contributed by atoms with Crippen LogP contribution in [0.5, 0.6) is 0 Å². The molecule has 4 nitrogen and oxygen atoms in total. The maximum absolute atomic E-state index is 12.7. The summed E-state index contributed by atoms with van der Waals surface area (Å²) in [4.78, 5) is 20.1. The van der Waals surface area contributed by atoms with Gasteiger partial charge >= 0.3 is 5.97 Å². The van der Waals surface area contributed by atoms with E-state index in [4.69, 9.17) is 4.74 Å². The monoisotopic (exact) mass is 444 g/mol. The van der Waals surface area contributed by atoms with E-state index in [-0.39, 0.29) is 17.9 Å². The van der Waals surface area contributed by atoms with Gasteiger partial charge in [-0.25, -0.2) is 0 Å². The Morgan fingerprint density at radius 1 is 1.06 bits per heavy atom. The first-order valence-electron chi connectivity index (χ1n) is 11.3. The lowest BCUT2D eigenvalue weighted by Crippen LogP contribution is -2.39. The maximum atomic E-state index is 12.7. The Hall–Kier alpha value is -2.89. The summed E-state index contributed by atoms with van der Waals surface area (Å²) in [6.45, 7) is 4.29. The first-order chi connectivity index (χ1) is 15.7. The average molecular weight is 445 g/mol. The molecule has 1 aliphatic heterocycles. The van der Waals surface area contributed by atoms with E-state index in [0.29, 0.717) is 6.61 Å². The van der Waals surface area contributed by atoms with Crippen LogP contribution in [0.15, 0.2) is 72.1 Å². The van der Waals surface area contributed by atoms with Gasteiger partial charge in [-0.15, -0.1) is 11.3 Å². The van der Waals surface area contributed by atoms with Gasteiger partial charge in [0.05, 0.1) is 12.0 Å². The van der Waals surface area contributed by atoms with Gasteiger partial charge in [-0.3, -0.25) is 9.69 Å². The molecule has 0 bridgehead atoms. The zero-order valence-electron chi connectivity index (χ0n) is 18.3. The van der Waals surface area contributed by atoms with Crippen molar-refractivity contribution in [2.45, 2.75) is 32.4 Å². The van der Waals surface area contributed by atoms with Crippen LogP contribution in [0.4, 0.5) is 0 Å². The van der Waals surface area contributed by atoms with Crippen LogP contribution >= 0.6 is 11.3 Å². The fourth-order valence-corrected chi connectivity index (χ4v) is 5.71. The van der Waals surface area contributed by atoms with E-state index >= 15 is 0 Å². The SMILES string of the molecule is Cc1[nH]c2ccccc2c1C(c1cccs1)N1CCC(C(=O)OCc2ccccc2)CC1. The summed E-state index contributed by atoms with van der Waals surface area (Å²) in [6.07, 6.45) is 1.66. The fraction of sp³-hybridized carbons (Fsp3) is 0.296. The number of likely N-dealkylation sites (tertiary alicyclic amines) is 1. The number of thiophene rings is 1. The second kappa shape index (κ2) is 9.31. The van der Waals surface area contributed by atoms with E-state index in [1.54, 1.807) is 11.3 Å². The molecule has 0 spiro atoms. The van der Waals surface area contributed by atoms with Crippen LogP contribution in [0.1, 0.15) is 40.6 Å². The number of carbonyl (C=O) groups excluding carboxylic acids is 1. The van der Waals surface area contributed by atoms with Crippen molar-refractivity contribution in [3.8, 4) is 0 Å². The molecule has 32 heavy (non-hydrogen) atoms. The predicted molar refractivity (Wildman–Crippen MR) is 130 cm³/mol. The Morgan fingerprint density at radius 3 is 2.56 bits per heavy atom. The van der Waals surface area contributed by atoms with Gasteiger partial charge in [0, 0.05) is 27.0 Å². The minimum absolute atomic E-state index is 0.0250. The highest BCUT2D eigenvalue weighted by molar-refractivity contribution is 7.10. The zero-order chi connectivity index (χ0) is 21.9. The van der Waals surface area contributed by atoms with Crippen molar-refractivity contribution in [2.24, 2.45) is 5.92 Å². The highest BCUT2D eigenvalue weighted by Crippen LogP contribution is 2.39. The Labute approximate surface area is 192 Å². The second-order valence-electron chi connectivity index (χ2n) is 8.53. The van der Waals surface area contributed by atoms with Crippen molar-refractivity contribution in [3.63, 3.8) is 0 Å². The number of piperidine rings is 1. The van der Waals surface area contributed by atoms with E-state index in [1.807, 2.05) is 30.3 Å². The van der Waals surface area contributed by atoms with Gasteiger partial charge in [0.25, 0.3) is 0 Å². The molecule has 1 aliphatic rings. The Bertz CT molecular complexity index is 1180. The van der Waals surface area contributed by atoms with Gasteiger partial charge in [0.1, 0.15) is 6.61 Å². The smallest absolute Gasteiger partial charge is 0.309 e. The molecule has 0 saturated carbocycles. The molecule has 2 aromatic carbocycles. The number of nitrogens with one attached hydrogen (secondary N) is 1. The number of fused-ring (bicyclic) bond motifs is 1. The number of aryl methyl sites for hydroxylation is 1. The van der Waals surface area contributed by atoms with Gasteiger partial charge in [-0.2, -0.15) is 0 Å². The third kappa shape index (κ3) is 4.23.